The van der Waals surface area contributed by atoms with Gasteiger partial charge in [0.2, 0.25) is 0 Å². The average Bonchev–Trinajstić information content (AvgIpc) is 3.17. The molecule has 0 heterocycles. The van der Waals surface area contributed by atoms with E-state index in [1.165, 1.54) is 24.7 Å². The summed E-state index contributed by atoms with van der Waals surface area (Å²) >= 11 is 0. The second-order valence-corrected chi connectivity index (χ2v) is 8.31. The summed E-state index contributed by atoms with van der Waals surface area (Å²) in [7, 11) is -2.90. The lowest BCUT2D eigenvalue weighted by molar-refractivity contribution is 0.313. The van der Waals surface area contributed by atoms with E-state index >= 15 is 0 Å². The first-order valence-corrected chi connectivity index (χ1v) is 9.55. The van der Waals surface area contributed by atoms with Gasteiger partial charge < -0.3 is 10.1 Å². The molecule has 0 aromatic heterocycles. The molecule has 0 unspecified atom stereocenters. The lowest BCUT2D eigenvalue weighted by atomic mass is 10.1. The molecule has 118 valence electrons. The summed E-state index contributed by atoms with van der Waals surface area (Å²) in [4.78, 5) is 0. The molecule has 1 aromatic carbocycles. The summed E-state index contributed by atoms with van der Waals surface area (Å²) in [6, 6.07) is 5.00. The highest BCUT2D eigenvalue weighted by molar-refractivity contribution is 7.90. The van der Waals surface area contributed by atoms with Crippen LogP contribution in [0.1, 0.15) is 36.0 Å². The summed E-state index contributed by atoms with van der Waals surface area (Å²) in [5.74, 6) is 1.06. The molecule has 1 aromatic rings. The molecule has 2 rings (SSSR count). The molecule has 1 saturated carbocycles. The highest BCUT2D eigenvalue weighted by Crippen LogP contribution is 2.26. The van der Waals surface area contributed by atoms with Gasteiger partial charge in [0.25, 0.3) is 0 Å². The van der Waals surface area contributed by atoms with Crippen molar-refractivity contribution in [2.45, 2.75) is 45.7 Å². The van der Waals surface area contributed by atoms with Crippen molar-refractivity contribution >= 4 is 9.84 Å². The third-order valence-corrected chi connectivity index (χ3v) is 4.63. The Morgan fingerprint density at radius 3 is 2.38 bits per heavy atom. The van der Waals surface area contributed by atoms with Crippen molar-refractivity contribution in [2.75, 3.05) is 18.6 Å². The number of sulfone groups is 1. The largest absolute Gasteiger partial charge is 0.493 e. The molecule has 1 fully saturated rings. The zero-order valence-corrected chi connectivity index (χ0v) is 13.9. The molecule has 0 spiro atoms. The Morgan fingerprint density at radius 2 is 1.86 bits per heavy atom. The second kappa shape index (κ2) is 6.79. The minimum absolute atomic E-state index is 0.175. The maximum Gasteiger partial charge on any atom is 0.147 e. The Labute approximate surface area is 127 Å². The SMILES string of the molecule is Cc1cc(CNC2CC2)cc(C)c1OCCCS(C)(=O)=O. The van der Waals surface area contributed by atoms with Gasteiger partial charge in [-0.3, -0.25) is 0 Å². The molecule has 1 N–H and O–H groups in total. The van der Waals surface area contributed by atoms with Crippen LogP contribution in [-0.4, -0.2) is 33.1 Å². The van der Waals surface area contributed by atoms with Crippen LogP contribution in [0.5, 0.6) is 5.75 Å². The van der Waals surface area contributed by atoms with E-state index < -0.39 is 9.84 Å². The van der Waals surface area contributed by atoms with Crippen molar-refractivity contribution in [1.82, 2.24) is 5.32 Å². The van der Waals surface area contributed by atoms with Gasteiger partial charge in [0.1, 0.15) is 15.6 Å². The first-order valence-electron chi connectivity index (χ1n) is 7.49. The van der Waals surface area contributed by atoms with Crippen LogP contribution in [-0.2, 0) is 16.4 Å². The summed E-state index contributed by atoms with van der Waals surface area (Å²) in [5, 5.41) is 3.51. The minimum Gasteiger partial charge on any atom is -0.493 e. The van der Waals surface area contributed by atoms with E-state index in [1.807, 2.05) is 13.8 Å². The van der Waals surface area contributed by atoms with E-state index in [4.69, 9.17) is 4.74 Å². The first kappa shape index (κ1) is 16.3. The molecular weight excluding hydrogens is 286 g/mol. The molecule has 0 radical (unpaired) electrons. The maximum absolute atomic E-state index is 11.1. The van der Waals surface area contributed by atoms with E-state index in [1.54, 1.807) is 0 Å². The van der Waals surface area contributed by atoms with E-state index in [2.05, 4.69) is 17.4 Å². The van der Waals surface area contributed by atoms with Crippen LogP contribution in [0.25, 0.3) is 0 Å². The van der Waals surface area contributed by atoms with Crippen molar-refractivity contribution in [2.24, 2.45) is 0 Å². The smallest absolute Gasteiger partial charge is 0.147 e. The fraction of sp³-hybridized carbons (Fsp3) is 0.625. The highest BCUT2D eigenvalue weighted by Gasteiger charge is 2.20. The van der Waals surface area contributed by atoms with Crippen molar-refractivity contribution in [1.29, 1.82) is 0 Å². The molecular formula is C16H25NO3S. The summed E-state index contributed by atoms with van der Waals surface area (Å²) in [6.07, 6.45) is 4.37. The quantitative estimate of drug-likeness (QED) is 0.749. The normalized spacial score (nSPS) is 15.2. The monoisotopic (exact) mass is 311 g/mol. The van der Waals surface area contributed by atoms with Gasteiger partial charge in [-0.25, -0.2) is 8.42 Å². The van der Waals surface area contributed by atoms with Gasteiger partial charge in [0.15, 0.2) is 0 Å². The Kier molecular flexibility index (Phi) is 5.27. The topological polar surface area (TPSA) is 55.4 Å². The van der Waals surface area contributed by atoms with E-state index in [0.29, 0.717) is 19.1 Å². The second-order valence-electron chi connectivity index (χ2n) is 6.05. The first-order chi connectivity index (χ1) is 9.85. The molecule has 1 aliphatic carbocycles. The zero-order chi connectivity index (χ0) is 15.5. The minimum atomic E-state index is -2.90. The Bertz CT molecular complexity index is 569. The number of nitrogens with one attached hydrogen (secondary N) is 1. The zero-order valence-electron chi connectivity index (χ0n) is 13.1. The van der Waals surface area contributed by atoms with E-state index in [0.717, 1.165) is 23.4 Å². The fourth-order valence-corrected chi connectivity index (χ4v) is 3.06. The van der Waals surface area contributed by atoms with Gasteiger partial charge in [0, 0.05) is 18.8 Å². The van der Waals surface area contributed by atoms with Gasteiger partial charge in [-0.05, 0) is 49.8 Å². The van der Waals surface area contributed by atoms with Gasteiger partial charge >= 0.3 is 0 Å². The lowest BCUT2D eigenvalue weighted by Gasteiger charge is -2.14. The van der Waals surface area contributed by atoms with E-state index in [9.17, 15) is 8.42 Å². The third kappa shape index (κ3) is 5.67. The Balaban J connectivity index is 1.89. The number of benzene rings is 1. The highest BCUT2D eigenvalue weighted by atomic mass is 32.2. The summed E-state index contributed by atoms with van der Waals surface area (Å²) in [5.41, 5.74) is 3.50. The van der Waals surface area contributed by atoms with Gasteiger partial charge in [-0.1, -0.05) is 12.1 Å². The van der Waals surface area contributed by atoms with Crippen molar-refractivity contribution in [3.05, 3.63) is 28.8 Å². The van der Waals surface area contributed by atoms with Gasteiger partial charge in [-0.15, -0.1) is 0 Å². The number of hydrogen-bond acceptors (Lipinski definition) is 4. The lowest BCUT2D eigenvalue weighted by Crippen LogP contribution is -2.15. The number of aryl methyl sites for hydroxylation is 2. The summed E-state index contributed by atoms with van der Waals surface area (Å²) in [6.45, 7) is 5.42. The molecule has 4 nitrogen and oxygen atoms in total. The van der Waals surface area contributed by atoms with Crippen LogP contribution in [0.4, 0.5) is 0 Å². The van der Waals surface area contributed by atoms with Crippen LogP contribution >= 0.6 is 0 Å². The number of hydrogen-bond donors (Lipinski definition) is 1. The van der Waals surface area contributed by atoms with Crippen molar-refractivity contribution < 1.29 is 13.2 Å². The number of rotatable bonds is 8. The fourth-order valence-electron chi connectivity index (χ4n) is 2.41. The Hall–Kier alpha value is -1.07. The Morgan fingerprint density at radius 1 is 1.24 bits per heavy atom. The van der Waals surface area contributed by atoms with Crippen LogP contribution in [0.2, 0.25) is 0 Å². The van der Waals surface area contributed by atoms with E-state index in [-0.39, 0.29) is 5.75 Å². The predicted octanol–water partition coefficient (Wildman–Crippen LogP) is 2.37. The predicted molar refractivity (Wildman–Crippen MR) is 85.6 cm³/mol. The molecule has 0 atom stereocenters. The molecule has 0 bridgehead atoms. The van der Waals surface area contributed by atoms with Crippen LogP contribution in [0, 0.1) is 13.8 Å². The molecule has 5 heteroatoms. The molecule has 1 aliphatic rings. The van der Waals surface area contributed by atoms with Gasteiger partial charge in [0.05, 0.1) is 12.4 Å². The number of ether oxygens (including phenoxy) is 1. The van der Waals surface area contributed by atoms with Crippen LogP contribution in [0.15, 0.2) is 12.1 Å². The molecule has 0 amide bonds. The standard InChI is InChI=1S/C16H25NO3S/c1-12-9-14(11-17-15-5-6-15)10-13(2)16(12)20-7-4-8-21(3,18)19/h9-10,15,17H,4-8,11H2,1-3H3. The average molecular weight is 311 g/mol. The van der Waals surface area contributed by atoms with Crippen molar-refractivity contribution in [3.8, 4) is 5.75 Å². The summed E-state index contributed by atoms with van der Waals surface area (Å²) < 4.78 is 28.0. The molecule has 21 heavy (non-hydrogen) atoms. The van der Waals surface area contributed by atoms with Gasteiger partial charge in [-0.2, -0.15) is 0 Å². The van der Waals surface area contributed by atoms with Crippen molar-refractivity contribution in [3.63, 3.8) is 0 Å². The maximum atomic E-state index is 11.1. The third-order valence-electron chi connectivity index (χ3n) is 3.60. The molecule has 0 aliphatic heterocycles. The van der Waals surface area contributed by atoms with Crippen LogP contribution in [0.3, 0.4) is 0 Å². The molecule has 0 saturated heterocycles. The van der Waals surface area contributed by atoms with Crippen LogP contribution < -0.4 is 10.1 Å².